The number of hydrogen-bond donors (Lipinski definition) is 1. The largest absolute Gasteiger partial charge is 0.462 e. The van der Waals surface area contributed by atoms with Crippen molar-refractivity contribution in [2.75, 3.05) is 6.54 Å². The number of esters is 1. The van der Waals surface area contributed by atoms with Gasteiger partial charge in [-0.15, -0.1) is 0 Å². The van der Waals surface area contributed by atoms with E-state index in [1.165, 1.54) is 19.1 Å². The number of carbonyl (C=O) groups excluding carboxylic acids is 1. The molecule has 1 saturated heterocycles. The molecule has 21 heavy (non-hydrogen) atoms. The highest BCUT2D eigenvalue weighted by molar-refractivity contribution is 5.66. The van der Waals surface area contributed by atoms with Crippen LogP contribution in [0, 0.1) is 0 Å². The number of carbonyl (C=O) groups is 1. The Morgan fingerprint density at radius 2 is 2.00 bits per heavy atom. The molecule has 2 unspecified atom stereocenters. The summed E-state index contributed by atoms with van der Waals surface area (Å²) in [6.07, 6.45) is -2.34. The van der Waals surface area contributed by atoms with E-state index in [2.05, 4.69) is 5.32 Å². The predicted molar refractivity (Wildman–Crippen MR) is 71.7 cm³/mol. The van der Waals surface area contributed by atoms with Crippen LogP contribution in [-0.4, -0.2) is 24.7 Å². The van der Waals surface area contributed by atoms with Crippen LogP contribution in [0.5, 0.6) is 0 Å². The maximum atomic E-state index is 12.5. The average Bonchev–Trinajstić information content (AvgIpc) is 2.38. The Hall–Kier alpha value is -1.56. The highest BCUT2D eigenvalue weighted by atomic mass is 19.4. The Bertz CT molecular complexity index is 485. The fourth-order valence-corrected chi connectivity index (χ4v) is 2.58. The second-order valence-corrected chi connectivity index (χ2v) is 5.31. The van der Waals surface area contributed by atoms with Crippen molar-refractivity contribution in [2.45, 2.75) is 44.5 Å². The van der Waals surface area contributed by atoms with Gasteiger partial charge < -0.3 is 10.1 Å². The molecule has 2 rings (SSSR count). The van der Waals surface area contributed by atoms with Crippen molar-refractivity contribution in [3.8, 4) is 0 Å². The van der Waals surface area contributed by atoms with Gasteiger partial charge in [-0.3, -0.25) is 4.79 Å². The minimum absolute atomic E-state index is 0.108. The zero-order valence-corrected chi connectivity index (χ0v) is 11.7. The average molecular weight is 301 g/mol. The molecule has 0 aromatic heterocycles. The fourth-order valence-electron chi connectivity index (χ4n) is 2.58. The first kappa shape index (κ1) is 15.8. The van der Waals surface area contributed by atoms with Crippen LogP contribution >= 0.6 is 0 Å². The number of benzene rings is 1. The lowest BCUT2D eigenvalue weighted by atomic mass is 9.95. The van der Waals surface area contributed by atoms with Gasteiger partial charge in [-0.25, -0.2) is 0 Å². The standard InChI is InChI=1S/C15H18F3NO2/c1-10(20)21-14-6-7-19-13(9-14)8-11-2-4-12(5-3-11)15(16,17)18/h2-5,13-14,19H,6-9H2,1H3. The Labute approximate surface area is 121 Å². The third-order valence-corrected chi connectivity index (χ3v) is 3.54. The van der Waals surface area contributed by atoms with Gasteiger partial charge >= 0.3 is 12.1 Å². The summed E-state index contributed by atoms with van der Waals surface area (Å²) in [5.74, 6) is -0.296. The molecule has 1 N–H and O–H groups in total. The zero-order valence-electron chi connectivity index (χ0n) is 11.7. The number of alkyl halides is 3. The van der Waals surface area contributed by atoms with Crippen LogP contribution in [0.25, 0.3) is 0 Å². The Morgan fingerprint density at radius 3 is 2.57 bits per heavy atom. The topological polar surface area (TPSA) is 38.3 Å². The molecule has 1 fully saturated rings. The maximum Gasteiger partial charge on any atom is 0.416 e. The number of piperidine rings is 1. The van der Waals surface area contributed by atoms with E-state index < -0.39 is 11.7 Å². The van der Waals surface area contributed by atoms with Crippen LogP contribution in [0.15, 0.2) is 24.3 Å². The van der Waals surface area contributed by atoms with Gasteiger partial charge in [0, 0.05) is 19.4 Å². The highest BCUT2D eigenvalue weighted by Gasteiger charge is 2.30. The van der Waals surface area contributed by atoms with Gasteiger partial charge in [0.15, 0.2) is 0 Å². The molecule has 0 radical (unpaired) electrons. The number of rotatable bonds is 3. The third-order valence-electron chi connectivity index (χ3n) is 3.54. The van der Waals surface area contributed by atoms with Crippen molar-refractivity contribution in [1.82, 2.24) is 5.32 Å². The molecule has 2 atom stereocenters. The molecular formula is C15H18F3NO2. The van der Waals surface area contributed by atoms with Crippen molar-refractivity contribution in [2.24, 2.45) is 0 Å². The predicted octanol–water partition coefficient (Wildman–Crippen LogP) is 2.93. The summed E-state index contributed by atoms with van der Waals surface area (Å²) in [5, 5.41) is 3.30. The van der Waals surface area contributed by atoms with E-state index in [0.717, 1.165) is 30.7 Å². The van der Waals surface area contributed by atoms with Crippen molar-refractivity contribution in [3.63, 3.8) is 0 Å². The number of halogens is 3. The summed E-state index contributed by atoms with van der Waals surface area (Å²) in [6.45, 7) is 2.12. The third kappa shape index (κ3) is 4.74. The van der Waals surface area contributed by atoms with Crippen LogP contribution in [0.2, 0.25) is 0 Å². The van der Waals surface area contributed by atoms with Gasteiger partial charge in [0.2, 0.25) is 0 Å². The van der Waals surface area contributed by atoms with Gasteiger partial charge in [0.1, 0.15) is 6.10 Å². The molecule has 1 aliphatic heterocycles. The van der Waals surface area contributed by atoms with E-state index in [1.807, 2.05) is 0 Å². The quantitative estimate of drug-likeness (QED) is 0.872. The van der Waals surface area contributed by atoms with E-state index in [9.17, 15) is 18.0 Å². The Kier molecular flexibility index (Phi) is 4.88. The zero-order chi connectivity index (χ0) is 15.5. The van der Waals surface area contributed by atoms with Crippen LogP contribution in [-0.2, 0) is 22.1 Å². The molecule has 6 heteroatoms. The fraction of sp³-hybridized carbons (Fsp3) is 0.533. The summed E-state index contributed by atoms with van der Waals surface area (Å²) in [7, 11) is 0. The SMILES string of the molecule is CC(=O)OC1CCNC(Cc2ccc(C(F)(F)F)cc2)C1. The van der Waals surface area contributed by atoms with Crippen molar-refractivity contribution in [3.05, 3.63) is 35.4 Å². The molecule has 1 heterocycles. The van der Waals surface area contributed by atoms with E-state index in [1.54, 1.807) is 0 Å². The number of hydrogen-bond acceptors (Lipinski definition) is 3. The second kappa shape index (κ2) is 6.47. The van der Waals surface area contributed by atoms with Gasteiger partial charge in [-0.05, 0) is 37.1 Å². The van der Waals surface area contributed by atoms with Crippen LogP contribution < -0.4 is 5.32 Å². The first-order chi connectivity index (χ1) is 9.84. The van der Waals surface area contributed by atoms with Gasteiger partial charge in [0.05, 0.1) is 5.56 Å². The highest BCUT2D eigenvalue weighted by Crippen LogP contribution is 2.29. The first-order valence-electron chi connectivity index (χ1n) is 6.91. The number of ether oxygens (including phenoxy) is 1. The Balaban J connectivity index is 1.93. The molecule has 1 aromatic rings. The second-order valence-electron chi connectivity index (χ2n) is 5.31. The molecule has 0 saturated carbocycles. The minimum Gasteiger partial charge on any atom is -0.462 e. The number of nitrogens with one attached hydrogen (secondary N) is 1. The molecule has 3 nitrogen and oxygen atoms in total. The van der Waals surface area contributed by atoms with Gasteiger partial charge in [-0.1, -0.05) is 12.1 Å². The first-order valence-corrected chi connectivity index (χ1v) is 6.91. The van der Waals surface area contributed by atoms with Gasteiger partial charge in [0.25, 0.3) is 0 Å². The van der Waals surface area contributed by atoms with Crippen LogP contribution in [0.1, 0.15) is 30.9 Å². The monoisotopic (exact) mass is 301 g/mol. The maximum absolute atomic E-state index is 12.5. The lowest BCUT2D eigenvalue weighted by Crippen LogP contribution is -2.42. The molecule has 1 aliphatic rings. The summed E-state index contributed by atoms with van der Waals surface area (Å²) in [5.41, 5.74) is 0.199. The lowest BCUT2D eigenvalue weighted by molar-refractivity contribution is -0.147. The van der Waals surface area contributed by atoms with E-state index >= 15 is 0 Å². The molecule has 0 spiro atoms. The van der Waals surface area contributed by atoms with Crippen LogP contribution in [0.4, 0.5) is 13.2 Å². The smallest absolute Gasteiger partial charge is 0.416 e. The molecule has 0 bridgehead atoms. The van der Waals surface area contributed by atoms with Crippen molar-refractivity contribution < 1.29 is 22.7 Å². The minimum atomic E-state index is -4.30. The molecule has 116 valence electrons. The van der Waals surface area contributed by atoms with E-state index in [4.69, 9.17) is 4.74 Å². The normalized spacial score (nSPS) is 22.9. The van der Waals surface area contributed by atoms with Crippen molar-refractivity contribution >= 4 is 5.97 Å². The summed E-state index contributed by atoms with van der Waals surface area (Å²) < 4.78 is 42.7. The molecule has 1 aromatic carbocycles. The molecule has 0 amide bonds. The van der Waals surface area contributed by atoms with E-state index in [0.29, 0.717) is 12.8 Å². The summed E-state index contributed by atoms with van der Waals surface area (Å²) in [6, 6.07) is 5.31. The van der Waals surface area contributed by atoms with Gasteiger partial charge in [-0.2, -0.15) is 13.2 Å². The Morgan fingerprint density at radius 1 is 1.33 bits per heavy atom. The summed E-state index contributed by atoms with van der Waals surface area (Å²) in [4.78, 5) is 11.0. The molecule has 0 aliphatic carbocycles. The molecular weight excluding hydrogens is 283 g/mol. The summed E-state index contributed by atoms with van der Waals surface area (Å²) >= 11 is 0. The van der Waals surface area contributed by atoms with Crippen LogP contribution in [0.3, 0.4) is 0 Å². The van der Waals surface area contributed by atoms with Crippen molar-refractivity contribution in [1.29, 1.82) is 0 Å². The lowest BCUT2D eigenvalue weighted by Gasteiger charge is -2.30. The van der Waals surface area contributed by atoms with E-state index in [-0.39, 0.29) is 18.1 Å².